The number of benzene rings is 1. The lowest BCUT2D eigenvalue weighted by Gasteiger charge is -2.49. The van der Waals surface area contributed by atoms with Gasteiger partial charge in [-0.1, -0.05) is 30.3 Å². The van der Waals surface area contributed by atoms with Crippen LogP contribution in [0.15, 0.2) is 53.8 Å². The molecule has 1 fully saturated rings. The van der Waals surface area contributed by atoms with E-state index in [-0.39, 0.29) is 17.0 Å². The van der Waals surface area contributed by atoms with Crippen LogP contribution in [0.1, 0.15) is 11.7 Å². The molecule has 0 spiro atoms. The second-order valence-corrected chi connectivity index (χ2v) is 7.16. The number of thioether (sulfide) groups is 1. The van der Waals surface area contributed by atoms with Crippen LogP contribution >= 0.6 is 11.8 Å². The summed E-state index contributed by atoms with van der Waals surface area (Å²) in [4.78, 5) is 48.0. The lowest BCUT2D eigenvalue weighted by molar-refractivity contribution is -0.151. The third kappa shape index (κ3) is 3.64. The highest BCUT2D eigenvalue weighted by Gasteiger charge is 2.54. The summed E-state index contributed by atoms with van der Waals surface area (Å²) in [6.07, 6.45) is 0.492. The van der Waals surface area contributed by atoms with Gasteiger partial charge in [0.05, 0.1) is 0 Å². The molecule has 0 radical (unpaired) electrons. The number of aliphatic hydroxyl groups excluding tert-OH is 1. The molecular weight excluding hydrogens is 388 g/mol. The molecule has 1 aromatic rings. The van der Waals surface area contributed by atoms with Gasteiger partial charge in [0.1, 0.15) is 17.1 Å². The maximum absolute atomic E-state index is 12.5. The topological polar surface area (TPSA) is 144 Å². The van der Waals surface area contributed by atoms with Crippen LogP contribution in [0.2, 0.25) is 0 Å². The molecule has 0 bridgehead atoms. The van der Waals surface area contributed by atoms with Crippen molar-refractivity contribution in [3.8, 4) is 0 Å². The van der Waals surface area contributed by atoms with Gasteiger partial charge in [0.25, 0.3) is 11.8 Å². The maximum atomic E-state index is 12.5. The van der Waals surface area contributed by atoms with Crippen molar-refractivity contribution in [1.82, 2.24) is 10.2 Å². The Kier molecular flexibility index (Phi) is 5.52. The first-order chi connectivity index (χ1) is 13.3. The van der Waals surface area contributed by atoms with Crippen LogP contribution < -0.4 is 5.32 Å². The average molecular weight is 404 g/mol. The molecular formula is C18H16N2O7S. The number of nitrogens with zero attached hydrogens (tertiary/aromatic N) is 1. The predicted molar refractivity (Wildman–Crippen MR) is 97.9 cm³/mol. The second-order valence-electron chi connectivity index (χ2n) is 6.06. The number of hydrogen-bond donors (Lipinski definition) is 4. The summed E-state index contributed by atoms with van der Waals surface area (Å²) in [6.45, 7) is 0. The molecule has 28 heavy (non-hydrogen) atoms. The summed E-state index contributed by atoms with van der Waals surface area (Å²) in [7, 11) is 0. The highest BCUT2D eigenvalue weighted by atomic mass is 32.2. The van der Waals surface area contributed by atoms with E-state index in [2.05, 4.69) is 5.32 Å². The second kappa shape index (κ2) is 7.87. The van der Waals surface area contributed by atoms with Gasteiger partial charge in [-0.15, -0.1) is 11.8 Å². The number of hydrogen-bond acceptors (Lipinski definition) is 6. The van der Waals surface area contributed by atoms with Crippen LogP contribution in [0.3, 0.4) is 0 Å². The van der Waals surface area contributed by atoms with Crippen LogP contribution in [-0.4, -0.2) is 61.1 Å². The number of carboxylic acid groups (broad SMARTS) is 2. The molecule has 146 valence electrons. The van der Waals surface area contributed by atoms with Crippen LogP contribution in [0, 0.1) is 0 Å². The summed E-state index contributed by atoms with van der Waals surface area (Å²) in [5.41, 5.74) is 0.256. The summed E-state index contributed by atoms with van der Waals surface area (Å²) in [6, 6.07) is 7.22. The minimum absolute atomic E-state index is 0.160. The fourth-order valence-corrected chi connectivity index (χ4v) is 4.28. The number of rotatable bonds is 6. The molecule has 0 aliphatic carbocycles. The predicted octanol–water partition coefficient (Wildman–Crippen LogP) is 0.0994. The molecule has 2 heterocycles. The molecule has 0 aromatic heterocycles. The number of β-lactam (4-membered cyclic amide) rings is 1. The number of fused-ring (bicyclic) bond motifs is 1. The van der Waals surface area contributed by atoms with Crippen molar-refractivity contribution < 1.29 is 34.5 Å². The first kappa shape index (κ1) is 19.6. The molecule has 1 saturated heterocycles. The van der Waals surface area contributed by atoms with E-state index in [1.54, 1.807) is 30.3 Å². The van der Waals surface area contributed by atoms with E-state index in [0.717, 1.165) is 17.1 Å². The quantitative estimate of drug-likeness (QED) is 0.386. The molecule has 2 aliphatic rings. The molecule has 2 aliphatic heterocycles. The zero-order chi connectivity index (χ0) is 20.4. The Balaban J connectivity index is 1.76. The number of allylic oxidation sites excluding steroid dienone is 1. The number of carbonyl (C=O) groups excluding carboxylic acids is 2. The van der Waals surface area contributed by atoms with Gasteiger partial charge >= 0.3 is 11.9 Å². The number of amides is 2. The third-order valence-electron chi connectivity index (χ3n) is 4.29. The smallest absolute Gasteiger partial charge is 0.352 e. The third-order valence-corrected chi connectivity index (χ3v) is 5.59. The molecule has 2 amide bonds. The van der Waals surface area contributed by atoms with E-state index in [9.17, 15) is 29.4 Å². The van der Waals surface area contributed by atoms with Gasteiger partial charge in [-0.3, -0.25) is 14.5 Å². The lowest BCUT2D eigenvalue weighted by Crippen LogP contribution is -2.70. The van der Waals surface area contributed by atoms with Crippen molar-refractivity contribution in [1.29, 1.82) is 0 Å². The fourth-order valence-electron chi connectivity index (χ4n) is 2.96. The van der Waals surface area contributed by atoms with Crippen LogP contribution in [0.4, 0.5) is 0 Å². The van der Waals surface area contributed by atoms with Crippen LogP contribution in [0.25, 0.3) is 0 Å². The van der Waals surface area contributed by atoms with E-state index in [1.165, 1.54) is 11.8 Å². The highest BCUT2D eigenvalue weighted by molar-refractivity contribution is 8.00. The first-order valence-corrected chi connectivity index (χ1v) is 9.21. The first-order valence-electron chi connectivity index (χ1n) is 8.16. The summed E-state index contributed by atoms with van der Waals surface area (Å²) >= 11 is 1.20. The van der Waals surface area contributed by atoms with Crippen molar-refractivity contribution in [3.63, 3.8) is 0 Å². The van der Waals surface area contributed by atoms with E-state index >= 15 is 0 Å². The Labute approximate surface area is 163 Å². The van der Waals surface area contributed by atoms with Gasteiger partial charge in [0, 0.05) is 11.8 Å². The van der Waals surface area contributed by atoms with Crippen LogP contribution in [0.5, 0.6) is 0 Å². The van der Waals surface area contributed by atoms with Crippen LogP contribution in [-0.2, 0) is 19.2 Å². The molecule has 3 rings (SSSR count). The minimum atomic E-state index is -1.46. The Hall–Kier alpha value is -3.11. The molecule has 2 unspecified atom stereocenters. The SMILES string of the molecule is O=C(O)C=CC1=C(C(=O)O)N2C(=O)C(NC(=O)C(O)c3ccccc3)[C@@H]2SC1. The van der Waals surface area contributed by atoms with Crippen molar-refractivity contribution in [2.75, 3.05) is 5.75 Å². The molecule has 9 nitrogen and oxygen atoms in total. The van der Waals surface area contributed by atoms with Gasteiger partial charge in [0.15, 0.2) is 6.10 Å². The Morgan fingerprint density at radius 2 is 1.89 bits per heavy atom. The van der Waals surface area contributed by atoms with Gasteiger partial charge < -0.3 is 20.6 Å². The van der Waals surface area contributed by atoms with Gasteiger partial charge in [-0.2, -0.15) is 0 Å². The van der Waals surface area contributed by atoms with E-state index in [4.69, 9.17) is 5.11 Å². The summed E-state index contributed by atoms with van der Waals surface area (Å²) in [5, 5.41) is 30.1. The maximum Gasteiger partial charge on any atom is 0.352 e. The van der Waals surface area contributed by atoms with Gasteiger partial charge in [-0.25, -0.2) is 9.59 Å². The molecule has 1 aromatic carbocycles. The highest BCUT2D eigenvalue weighted by Crippen LogP contribution is 2.40. The van der Waals surface area contributed by atoms with E-state index < -0.39 is 41.3 Å². The number of aliphatic hydroxyl groups is 1. The monoisotopic (exact) mass is 404 g/mol. The molecule has 10 heteroatoms. The number of carbonyl (C=O) groups is 4. The number of aliphatic carboxylic acids is 2. The fraction of sp³-hybridized carbons (Fsp3) is 0.222. The largest absolute Gasteiger partial charge is 0.478 e. The average Bonchev–Trinajstić information content (AvgIpc) is 2.69. The summed E-state index contributed by atoms with van der Waals surface area (Å²) in [5.74, 6) is -3.84. The normalized spacial score (nSPS) is 22.5. The Morgan fingerprint density at radius 3 is 2.50 bits per heavy atom. The Morgan fingerprint density at radius 1 is 1.21 bits per heavy atom. The van der Waals surface area contributed by atoms with E-state index in [0.29, 0.717) is 5.56 Å². The van der Waals surface area contributed by atoms with Crippen molar-refractivity contribution in [2.24, 2.45) is 0 Å². The molecule has 4 N–H and O–H groups in total. The summed E-state index contributed by atoms with van der Waals surface area (Å²) < 4.78 is 0. The van der Waals surface area contributed by atoms with E-state index in [1.807, 2.05) is 0 Å². The van der Waals surface area contributed by atoms with Gasteiger partial charge in [0.2, 0.25) is 0 Å². The zero-order valence-electron chi connectivity index (χ0n) is 14.3. The number of carboxylic acids is 2. The minimum Gasteiger partial charge on any atom is -0.478 e. The van der Waals surface area contributed by atoms with Gasteiger partial charge in [-0.05, 0) is 17.2 Å². The van der Waals surface area contributed by atoms with Crippen molar-refractivity contribution in [2.45, 2.75) is 17.5 Å². The lowest BCUT2D eigenvalue weighted by atomic mass is 10.0. The van der Waals surface area contributed by atoms with Crippen molar-refractivity contribution >= 4 is 35.5 Å². The van der Waals surface area contributed by atoms with Crippen molar-refractivity contribution in [3.05, 3.63) is 59.3 Å². The Bertz CT molecular complexity index is 896. The number of nitrogens with one attached hydrogen (secondary N) is 1. The zero-order valence-corrected chi connectivity index (χ0v) is 15.1. The standard InChI is InChI=1S/C18H16N2O7S/c21-11(22)7-6-10-8-28-17-12(16(25)20(17)13(10)18(26)27)19-15(24)14(23)9-4-2-1-3-5-9/h1-7,12,14,17,23H,8H2,(H,19,24)(H,21,22)(H,26,27)/t12?,14?,17-/m0/s1. The molecule has 3 atom stereocenters. The molecule has 0 saturated carbocycles.